The van der Waals surface area contributed by atoms with E-state index in [1.54, 1.807) is 17.7 Å². The van der Waals surface area contributed by atoms with Crippen LogP contribution in [0.5, 0.6) is 0 Å². The fourth-order valence-electron chi connectivity index (χ4n) is 2.17. The average Bonchev–Trinajstić information content (AvgIpc) is 3.28. The first-order valence-electron chi connectivity index (χ1n) is 7.65. The van der Waals surface area contributed by atoms with Gasteiger partial charge in [-0.3, -0.25) is 4.79 Å². The molecule has 0 atom stereocenters. The van der Waals surface area contributed by atoms with Crippen LogP contribution < -0.4 is 5.32 Å². The van der Waals surface area contributed by atoms with E-state index >= 15 is 0 Å². The van der Waals surface area contributed by atoms with Gasteiger partial charge in [-0.15, -0.1) is 21.5 Å². The van der Waals surface area contributed by atoms with Crippen LogP contribution in [0.25, 0.3) is 0 Å². The molecule has 0 spiro atoms. The molecule has 124 valence electrons. The van der Waals surface area contributed by atoms with Crippen molar-refractivity contribution in [3.63, 3.8) is 0 Å². The Kier molecular flexibility index (Phi) is 6.03. The molecule has 2 aromatic heterocycles. The number of amides is 1. The van der Waals surface area contributed by atoms with Crippen LogP contribution in [0.1, 0.15) is 10.4 Å². The number of aryl methyl sites for hydroxylation is 2. The number of carbonyl (C=O) groups is 1. The van der Waals surface area contributed by atoms with Crippen molar-refractivity contribution >= 4 is 29.0 Å². The molecule has 7 heteroatoms. The summed E-state index contributed by atoms with van der Waals surface area (Å²) in [7, 11) is 0. The minimum Gasteiger partial charge on any atom is -0.351 e. The highest BCUT2D eigenvalue weighted by atomic mass is 32.2. The normalized spacial score (nSPS) is 10.7. The van der Waals surface area contributed by atoms with E-state index in [0.717, 1.165) is 23.7 Å². The SMILES string of the molecule is O=C(CSc1nncn1CCc1cccs1)NCc1ccccc1. The summed E-state index contributed by atoms with van der Waals surface area (Å²) in [6.07, 6.45) is 2.67. The highest BCUT2D eigenvalue weighted by Crippen LogP contribution is 2.16. The zero-order valence-corrected chi connectivity index (χ0v) is 14.7. The molecule has 0 radical (unpaired) electrons. The van der Waals surface area contributed by atoms with Gasteiger partial charge in [0.15, 0.2) is 5.16 Å². The van der Waals surface area contributed by atoms with Gasteiger partial charge in [-0.1, -0.05) is 48.2 Å². The van der Waals surface area contributed by atoms with E-state index < -0.39 is 0 Å². The van der Waals surface area contributed by atoms with Crippen LogP contribution in [0, 0.1) is 0 Å². The summed E-state index contributed by atoms with van der Waals surface area (Å²) >= 11 is 3.16. The average molecular weight is 358 g/mol. The molecule has 0 aliphatic rings. The Balaban J connectivity index is 1.44. The first kappa shape index (κ1) is 16.7. The molecule has 1 amide bonds. The number of nitrogens with one attached hydrogen (secondary N) is 1. The first-order valence-corrected chi connectivity index (χ1v) is 9.51. The van der Waals surface area contributed by atoms with Gasteiger partial charge in [-0.2, -0.15) is 0 Å². The van der Waals surface area contributed by atoms with Crippen molar-refractivity contribution in [3.05, 3.63) is 64.6 Å². The predicted octanol–water partition coefficient (Wildman–Crippen LogP) is 2.99. The molecule has 0 aliphatic heterocycles. The third kappa shape index (κ3) is 4.94. The number of hydrogen-bond donors (Lipinski definition) is 1. The summed E-state index contributed by atoms with van der Waals surface area (Å²) in [5.41, 5.74) is 1.09. The van der Waals surface area contributed by atoms with E-state index in [1.165, 1.54) is 16.6 Å². The maximum atomic E-state index is 12.0. The summed E-state index contributed by atoms with van der Waals surface area (Å²) in [6, 6.07) is 14.1. The Morgan fingerprint density at radius 1 is 1.21 bits per heavy atom. The molecule has 3 rings (SSSR count). The second kappa shape index (κ2) is 8.65. The van der Waals surface area contributed by atoms with Crippen molar-refractivity contribution in [3.8, 4) is 0 Å². The van der Waals surface area contributed by atoms with Crippen molar-refractivity contribution in [2.24, 2.45) is 0 Å². The van der Waals surface area contributed by atoms with Crippen molar-refractivity contribution < 1.29 is 4.79 Å². The summed E-state index contributed by atoms with van der Waals surface area (Å²) in [4.78, 5) is 13.3. The zero-order valence-electron chi connectivity index (χ0n) is 13.1. The molecule has 3 aromatic rings. The number of benzene rings is 1. The monoisotopic (exact) mass is 358 g/mol. The summed E-state index contributed by atoms with van der Waals surface area (Å²) in [5, 5.41) is 13.8. The molecule has 1 aromatic carbocycles. The van der Waals surface area contributed by atoms with Gasteiger partial charge in [0.1, 0.15) is 6.33 Å². The van der Waals surface area contributed by atoms with Crippen molar-refractivity contribution in [2.45, 2.75) is 24.7 Å². The van der Waals surface area contributed by atoms with Gasteiger partial charge in [0.05, 0.1) is 5.75 Å². The van der Waals surface area contributed by atoms with Gasteiger partial charge in [0.25, 0.3) is 0 Å². The van der Waals surface area contributed by atoms with E-state index in [4.69, 9.17) is 0 Å². The lowest BCUT2D eigenvalue weighted by atomic mass is 10.2. The number of carbonyl (C=O) groups excluding carboxylic acids is 1. The fraction of sp³-hybridized carbons (Fsp3) is 0.235. The lowest BCUT2D eigenvalue weighted by Crippen LogP contribution is -2.24. The smallest absolute Gasteiger partial charge is 0.230 e. The Bertz CT molecular complexity index is 756. The first-order chi connectivity index (χ1) is 11.8. The second-order valence-electron chi connectivity index (χ2n) is 5.19. The highest BCUT2D eigenvalue weighted by Gasteiger charge is 2.09. The van der Waals surface area contributed by atoms with Crippen LogP contribution >= 0.6 is 23.1 Å². The van der Waals surface area contributed by atoms with Gasteiger partial charge < -0.3 is 9.88 Å². The summed E-state index contributed by atoms with van der Waals surface area (Å²) in [5.74, 6) is 0.335. The van der Waals surface area contributed by atoms with Gasteiger partial charge in [-0.25, -0.2) is 0 Å². The molecular weight excluding hydrogens is 340 g/mol. The highest BCUT2D eigenvalue weighted by molar-refractivity contribution is 7.99. The van der Waals surface area contributed by atoms with Gasteiger partial charge in [0, 0.05) is 18.0 Å². The van der Waals surface area contributed by atoms with Crippen molar-refractivity contribution in [1.29, 1.82) is 0 Å². The Morgan fingerprint density at radius 3 is 2.88 bits per heavy atom. The van der Waals surface area contributed by atoms with Crippen LogP contribution in [-0.2, 0) is 24.3 Å². The molecule has 0 saturated heterocycles. The third-order valence-corrected chi connectivity index (χ3v) is 5.34. The molecule has 0 fully saturated rings. The van der Waals surface area contributed by atoms with Crippen LogP contribution in [0.15, 0.2) is 59.3 Å². The van der Waals surface area contributed by atoms with Gasteiger partial charge >= 0.3 is 0 Å². The van der Waals surface area contributed by atoms with E-state index in [2.05, 4.69) is 33.0 Å². The zero-order chi connectivity index (χ0) is 16.6. The Morgan fingerprint density at radius 2 is 2.08 bits per heavy atom. The number of aromatic nitrogens is 3. The van der Waals surface area contributed by atoms with E-state index in [0.29, 0.717) is 12.3 Å². The topological polar surface area (TPSA) is 59.8 Å². The molecule has 1 N–H and O–H groups in total. The summed E-state index contributed by atoms with van der Waals surface area (Å²) < 4.78 is 1.99. The summed E-state index contributed by atoms with van der Waals surface area (Å²) in [6.45, 7) is 1.37. The quantitative estimate of drug-likeness (QED) is 0.629. The van der Waals surface area contributed by atoms with Crippen LogP contribution in [0.3, 0.4) is 0 Å². The van der Waals surface area contributed by atoms with Crippen molar-refractivity contribution in [1.82, 2.24) is 20.1 Å². The number of rotatable bonds is 8. The maximum Gasteiger partial charge on any atom is 0.230 e. The number of thioether (sulfide) groups is 1. The molecule has 0 aliphatic carbocycles. The van der Waals surface area contributed by atoms with Crippen molar-refractivity contribution in [2.75, 3.05) is 5.75 Å². The van der Waals surface area contributed by atoms with Gasteiger partial charge in [-0.05, 0) is 23.4 Å². The Hall–Kier alpha value is -2.12. The third-order valence-electron chi connectivity index (χ3n) is 3.42. The molecule has 0 bridgehead atoms. The number of nitrogens with zero attached hydrogens (tertiary/aromatic N) is 3. The Labute approximate surface area is 149 Å². The molecule has 5 nitrogen and oxygen atoms in total. The minimum atomic E-state index is -0.00309. The van der Waals surface area contributed by atoms with Crippen LogP contribution in [0.2, 0.25) is 0 Å². The second-order valence-corrected chi connectivity index (χ2v) is 7.16. The number of thiophene rings is 1. The number of hydrogen-bond acceptors (Lipinski definition) is 5. The lowest BCUT2D eigenvalue weighted by Gasteiger charge is -2.06. The van der Waals surface area contributed by atoms with Crippen LogP contribution in [-0.4, -0.2) is 26.4 Å². The van der Waals surface area contributed by atoms with E-state index in [9.17, 15) is 4.79 Å². The molecule has 24 heavy (non-hydrogen) atoms. The maximum absolute atomic E-state index is 12.0. The minimum absolute atomic E-state index is 0.00309. The molecule has 0 unspecified atom stereocenters. The standard InChI is InChI=1S/C17H18N4OS2/c22-16(18-11-14-5-2-1-3-6-14)12-24-17-20-19-13-21(17)9-8-15-7-4-10-23-15/h1-7,10,13H,8-9,11-12H2,(H,18,22). The van der Waals surface area contributed by atoms with E-state index in [-0.39, 0.29) is 5.91 Å². The van der Waals surface area contributed by atoms with Crippen LogP contribution in [0.4, 0.5) is 0 Å². The fourth-order valence-corrected chi connectivity index (χ4v) is 3.64. The molecule has 0 saturated carbocycles. The van der Waals surface area contributed by atoms with Gasteiger partial charge in [0.2, 0.25) is 5.91 Å². The lowest BCUT2D eigenvalue weighted by molar-refractivity contribution is -0.118. The predicted molar refractivity (Wildman–Crippen MR) is 97.1 cm³/mol. The molecular formula is C17H18N4OS2. The molecule has 2 heterocycles. The van der Waals surface area contributed by atoms with E-state index in [1.807, 2.05) is 34.9 Å². The largest absolute Gasteiger partial charge is 0.351 e.